The van der Waals surface area contributed by atoms with Crippen LogP contribution in [0.4, 0.5) is 0 Å². The van der Waals surface area contributed by atoms with Gasteiger partial charge in [0, 0.05) is 13.2 Å². The summed E-state index contributed by atoms with van der Waals surface area (Å²) in [6.07, 6.45) is 8.47. The third-order valence-electron chi connectivity index (χ3n) is 4.34. The highest BCUT2D eigenvalue weighted by molar-refractivity contribution is 5.87. The number of hydrogen-bond donors (Lipinski definition) is 1. The van der Waals surface area contributed by atoms with E-state index in [9.17, 15) is 4.79 Å². The number of ether oxygens (including phenoxy) is 1. The lowest BCUT2D eigenvalue weighted by Gasteiger charge is -2.08. The topological polar surface area (TPSA) is 38.3 Å². The van der Waals surface area contributed by atoms with Crippen molar-refractivity contribution in [2.75, 3.05) is 13.2 Å². The third kappa shape index (κ3) is 4.43. The molecule has 1 aliphatic heterocycles. The van der Waals surface area contributed by atoms with E-state index in [1.807, 2.05) is 6.07 Å². The molecule has 2 aliphatic rings. The maximum Gasteiger partial charge on any atom is 0.243 e. The molecule has 0 aromatic heterocycles. The zero-order chi connectivity index (χ0) is 14.5. The average Bonchev–Trinajstić information content (AvgIpc) is 3.02. The van der Waals surface area contributed by atoms with Crippen LogP contribution in [0.5, 0.6) is 0 Å². The second kappa shape index (κ2) is 6.90. The van der Waals surface area contributed by atoms with Crippen molar-refractivity contribution in [1.82, 2.24) is 5.32 Å². The highest BCUT2D eigenvalue weighted by Gasteiger charge is 2.34. The van der Waals surface area contributed by atoms with E-state index in [1.165, 1.54) is 12.0 Å². The number of hydrogen-bond acceptors (Lipinski definition) is 2. The summed E-state index contributed by atoms with van der Waals surface area (Å²) in [5.74, 6) is 1.28. The van der Waals surface area contributed by atoms with Crippen LogP contribution in [0.1, 0.15) is 24.8 Å². The van der Waals surface area contributed by atoms with Gasteiger partial charge in [-0.25, -0.2) is 0 Å². The molecule has 0 spiro atoms. The minimum Gasteiger partial charge on any atom is -0.376 e. The van der Waals surface area contributed by atoms with Crippen LogP contribution in [0.25, 0.3) is 0 Å². The van der Waals surface area contributed by atoms with Crippen molar-refractivity contribution in [2.45, 2.75) is 31.8 Å². The molecule has 3 unspecified atom stereocenters. The normalized spacial score (nSPS) is 27.9. The van der Waals surface area contributed by atoms with E-state index < -0.39 is 0 Å². The first-order chi connectivity index (χ1) is 10.3. The van der Waals surface area contributed by atoms with Crippen molar-refractivity contribution in [2.24, 2.45) is 11.8 Å². The fourth-order valence-electron chi connectivity index (χ4n) is 2.95. The molecule has 3 heteroatoms. The van der Waals surface area contributed by atoms with E-state index in [1.54, 1.807) is 6.08 Å². The summed E-state index contributed by atoms with van der Waals surface area (Å²) in [5.41, 5.74) is 1.39. The Morgan fingerprint density at radius 2 is 2.19 bits per heavy atom. The van der Waals surface area contributed by atoms with Crippen LogP contribution >= 0.6 is 0 Å². The molecule has 1 saturated carbocycles. The fourth-order valence-corrected chi connectivity index (χ4v) is 2.95. The predicted octanol–water partition coefficient (Wildman–Crippen LogP) is 2.72. The molecule has 1 aromatic carbocycles. The quantitative estimate of drug-likeness (QED) is 0.816. The molecule has 1 saturated heterocycles. The molecule has 0 radical (unpaired) electrons. The number of carbonyl (C=O) groups is 1. The van der Waals surface area contributed by atoms with Crippen molar-refractivity contribution < 1.29 is 9.53 Å². The van der Waals surface area contributed by atoms with Gasteiger partial charge in [-0.05, 0) is 49.2 Å². The van der Waals surface area contributed by atoms with E-state index in [-0.39, 0.29) is 12.0 Å². The Bertz CT molecular complexity index is 491. The second-order valence-corrected chi connectivity index (χ2v) is 6.09. The summed E-state index contributed by atoms with van der Waals surface area (Å²) in [7, 11) is 0. The zero-order valence-corrected chi connectivity index (χ0v) is 12.3. The van der Waals surface area contributed by atoms with Gasteiger partial charge < -0.3 is 10.1 Å². The Balaban J connectivity index is 1.36. The second-order valence-electron chi connectivity index (χ2n) is 6.09. The van der Waals surface area contributed by atoms with Gasteiger partial charge in [0.1, 0.15) is 0 Å². The van der Waals surface area contributed by atoms with Gasteiger partial charge in [0.25, 0.3) is 0 Å². The lowest BCUT2D eigenvalue weighted by molar-refractivity contribution is -0.117. The molecule has 1 heterocycles. The van der Waals surface area contributed by atoms with Crippen molar-refractivity contribution in [3.8, 4) is 0 Å². The largest absolute Gasteiger partial charge is 0.376 e. The number of allylic oxidation sites excluding steroid dienone is 1. The SMILES string of the molecule is O=C(/C=C/C1CC1Cc1ccccc1)NCC1CCCO1. The summed E-state index contributed by atoms with van der Waals surface area (Å²) in [6.45, 7) is 1.47. The lowest BCUT2D eigenvalue weighted by Crippen LogP contribution is -2.30. The van der Waals surface area contributed by atoms with Crippen molar-refractivity contribution in [3.63, 3.8) is 0 Å². The van der Waals surface area contributed by atoms with Gasteiger partial charge >= 0.3 is 0 Å². The van der Waals surface area contributed by atoms with Gasteiger partial charge in [-0.1, -0.05) is 36.4 Å². The van der Waals surface area contributed by atoms with Crippen LogP contribution < -0.4 is 5.32 Å². The van der Waals surface area contributed by atoms with E-state index in [4.69, 9.17) is 4.74 Å². The first kappa shape index (κ1) is 14.3. The lowest BCUT2D eigenvalue weighted by atomic mass is 10.1. The molecule has 3 atom stereocenters. The Labute approximate surface area is 126 Å². The number of amides is 1. The average molecular weight is 285 g/mol. The van der Waals surface area contributed by atoms with Gasteiger partial charge in [0.15, 0.2) is 0 Å². The summed E-state index contributed by atoms with van der Waals surface area (Å²) in [5, 5.41) is 2.92. The molecule has 3 rings (SSSR count). The predicted molar refractivity (Wildman–Crippen MR) is 82.9 cm³/mol. The zero-order valence-electron chi connectivity index (χ0n) is 12.3. The Morgan fingerprint density at radius 3 is 2.95 bits per heavy atom. The monoisotopic (exact) mass is 285 g/mol. The minimum absolute atomic E-state index is 0.0101. The van der Waals surface area contributed by atoms with Crippen LogP contribution in [0.3, 0.4) is 0 Å². The van der Waals surface area contributed by atoms with E-state index >= 15 is 0 Å². The maximum atomic E-state index is 11.7. The Hall–Kier alpha value is -1.61. The molecular weight excluding hydrogens is 262 g/mol. The molecular formula is C18H23NO2. The van der Waals surface area contributed by atoms with E-state index in [0.29, 0.717) is 18.4 Å². The summed E-state index contributed by atoms with van der Waals surface area (Å²) in [4.78, 5) is 11.7. The number of rotatable bonds is 6. The van der Waals surface area contributed by atoms with Crippen molar-refractivity contribution in [3.05, 3.63) is 48.0 Å². The number of benzene rings is 1. The molecule has 112 valence electrons. The van der Waals surface area contributed by atoms with Crippen molar-refractivity contribution in [1.29, 1.82) is 0 Å². The minimum atomic E-state index is 0.0101. The number of carbonyl (C=O) groups excluding carboxylic acids is 1. The molecule has 1 aliphatic carbocycles. The van der Waals surface area contributed by atoms with Crippen LogP contribution in [-0.2, 0) is 16.0 Å². The molecule has 0 bridgehead atoms. The van der Waals surface area contributed by atoms with E-state index in [0.717, 1.165) is 25.9 Å². The van der Waals surface area contributed by atoms with Gasteiger partial charge in [-0.15, -0.1) is 0 Å². The summed E-state index contributed by atoms with van der Waals surface area (Å²) >= 11 is 0. The standard InChI is InChI=1S/C18H23NO2/c20-18(19-13-17-7-4-10-21-17)9-8-15-12-16(15)11-14-5-2-1-3-6-14/h1-3,5-6,8-9,15-17H,4,7,10-13H2,(H,19,20)/b9-8+. The van der Waals surface area contributed by atoms with Gasteiger partial charge in [0.2, 0.25) is 5.91 Å². The van der Waals surface area contributed by atoms with Crippen LogP contribution in [0.15, 0.2) is 42.5 Å². The van der Waals surface area contributed by atoms with Crippen LogP contribution in [0, 0.1) is 11.8 Å². The highest BCUT2D eigenvalue weighted by Crippen LogP contribution is 2.42. The van der Waals surface area contributed by atoms with Crippen LogP contribution in [0.2, 0.25) is 0 Å². The number of nitrogens with one attached hydrogen (secondary N) is 1. The summed E-state index contributed by atoms with van der Waals surface area (Å²) in [6, 6.07) is 10.6. The maximum absolute atomic E-state index is 11.7. The third-order valence-corrected chi connectivity index (χ3v) is 4.34. The molecule has 1 N–H and O–H groups in total. The molecule has 2 fully saturated rings. The Morgan fingerprint density at radius 1 is 1.33 bits per heavy atom. The van der Waals surface area contributed by atoms with Crippen molar-refractivity contribution >= 4 is 5.91 Å². The first-order valence-electron chi connectivity index (χ1n) is 7.93. The summed E-state index contributed by atoms with van der Waals surface area (Å²) < 4.78 is 5.49. The highest BCUT2D eigenvalue weighted by atomic mass is 16.5. The molecule has 1 aromatic rings. The van der Waals surface area contributed by atoms with Crippen LogP contribution in [-0.4, -0.2) is 25.2 Å². The first-order valence-corrected chi connectivity index (χ1v) is 7.93. The van der Waals surface area contributed by atoms with E-state index in [2.05, 4.69) is 35.7 Å². The molecule has 21 heavy (non-hydrogen) atoms. The smallest absolute Gasteiger partial charge is 0.243 e. The van der Waals surface area contributed by atoms with Gasteiger partial charge in [-0.3, -0.25) is 4.79 Å². The molecule has 1 amide bonds. The molecule has 3 nitrogen and oxygen atoms in total. The van der Waals surface area contributed by atoms with Gasteiger partial charge in [0.05, 0.1) is 6.10 Å². The Kier molecular flexibility index (Phi) is 4.71. The van der Waals surface area contributed by atoms with Gasteiger partial charge in [-0.2, -0.15) is 0 Å². The fraction of sp³-hybridized carbons (Fsp3) is 0.500.